The van der Waals surface area contributed by atoms with Crippen molar-refractivity contribution in [3.63, 3.8) is 0 Å². The van der Waals surface area contributed by atoms with Gasteiger partial charge in [0, 0.05) is 10.9 Å². The molecule has 0 aliphatic rings. The average molecular weight is 286 g/mol. The third-order valence-corrected chi connectivity index (χ3v) is 3.40. The molecule has 0 radical (unpaired) electrons. The first-order valence-corrected chi connectivity index (χ1v) is 6.51. The Hall–Kier alpha value is -2.37. The van der Waals surface area contributed by atoms with Crippen LogP contribution < -0.4 is 16.0 Å². The summed E-state index contributed by atoms with van der Waals surface area (Å²) in [4.78, 5) is 0. The molecule has 4 nitrogen and oxygen atoms in total. The Balaban J connectivity index is 2.11. The maximum absolute atomic E-state index is 13.5. The van der Waals surface area contributed by atoms with Gasteiger partial charge in [-0.05, 0) is 30.3 Å². The van der Waals surface area contributed by atoms with Gasteiger partial charge in [-0.3, -0.25) is 5.84 Å². The van der Waals surface area contributed by atoms with Crippen molar-refractivity contribution in [2.75, 3.05) is 7.11 Å². The van der Waals surface area contributed by atoms with Gasteiger partial charge in [0.25, 0.3) is 0 Å². The highest BCUT2D eigenvalue weighted by Gasteiger charge is 2.21. The number of halogens is 1. The molecule has 3 N–H and O–H groups in total. The highest BCUT2D eigenvalue weighted by Crippen LogP contribution is 2.33. The number of hydrazine groups is 1. The third kappa shape index (κ3) is 2.49. The van der Waals surface area contributed by atoms with Gasteiger partial charge in [-0.15, -0.1) is 0 Å². The summed E-state index contributed by atoms with van der Waals surface area (Å²) >= 11 is 0. The Morgan fingerprint density at radius 3 is 2.71 bits per heavy atom. The van der Waals surface area contributed by atoms with Crippen LogP contribution >= 0.6 is 0 Å². The van der Waals surface area contributed by atoms with Crippen LogP contribution in [0.4, 0.5) is 4.39 Å². The molecular formula is C16H15FN2O2. The number of nitrogens with one attached hydrogen (secondary N) is 1. The Bertz CT molecular complexity index is 737. The maximum atomic E-state index is 13.5. The van der Waals surface area contributed by atoms with Gasteiger partial charge in [0.05, 0.1) is 7.11 Å². The predicted octanol–water partition coefficient (Wildman–Crippen LogP) is 3.13. The van der Waals surface area contributed by atoms with Crippen LogP contribution in [0.25, 0.3) is 11.0 Å². The molecule has 0 saturated carbocycles. The van der Waals surface area contributed by atoms with Crippen molar-refractivity contribution in [1.29, 1.82) is 0 Å². The standard InChI is InChI=1S/C16H15FN2O2/c1-20-14-7-6-11(17)9-12(14)16(19-18)15-8-10-4-2-3-5-13(10)21-15/h2-9,16,19H,18H2,1H3. The molecule has 1 atom stereocenters. The molecule has 0 amide bonds. The lowest BCUT2D eigenvalue weighted by Crippen LogP contribution is -2.29. The molecule has 0 fully saturated rings. The fourth-order valence-corrected chi connectivity index (χ4v) is 2.40. The molecule has 21 heavy (non-hydrogen) atoms. The van der Waals surface area contributed by atoms with Gasteiger partial charge in [0.1, 0.15) is 29.0 Å². The number of rotatable bonds is 4. The van der Waals surface area contributed by atoms with Crippen LogP contribution in [-0.4, -0.2) is 7.11 Å². The predicted molar refractivity (Wildman–Crippen MR) is 78.3 cm³/mol. The smallest absolute Gasteiger partial charge is 0.134 e. The van der Waals surface area contributed by atoms with Crippen LogP contribution in [0.1, 0.15) is 17.4 Å². The number of benzene rings is 2. The maximum Gasteiger partial charge on any atom is 0.134 e. The number of methoxy groups -OCH3 is 1. The fraction of sp³-hybridized carbons (Fsp3) is 0.125. The molecule has 0 saturated heterocycles. The summed E-state index contributed by atoms with van der Waals surface area (Å²) in [5.74, 6) is 6.43. The first-order valence-electron chi connectivity index (χ1n) is 6.51. The summed E-state index contributed by atoms with van der Waals surface area (Å²) in [5.41, 5.74) is 3.99. The van der Waals surface area contributed by atoms with Crippen LogP contribution in [-0.2, 0) is 0 Å². The van der Waals surface area contributed by atoms with Crippen LogP contribution in [0.2, 0.25) is 0 Å². The van der Waals surface area contributed by atoms with Crippen molar-refractivity contribution in [2.24, 2.45) is 5.84 Å². The summed E-state index contributed by atoms with van der Waals surface area (Å²) < 4.78 is 24.6. The van der Waals surface area contributed by atoms with E-state index in [1.165, 1.54) is 19.2 Å². The second-order valence-electron chi connectivity index (χ2n) is 4.67. The highest BCUT2D eigenvalue weighted by molar-refractivity contribution is 5.78. The van der Waals surface area contributed by atoms with Gasteiger partial charge >= 0.3 is 0 Å². The topological polar surface area (TPSA) is 60.4 Å². The third-order valence-electron chi connectivity index (χ3n) is 3.40. The van der Waals surface area contributed by atoms with E-state index in [9.17, 15) is 4.39 Å². The molecule has 3 aromatic rings. The van der Waals surface area contributed by atoms with Gasteiger partial charge < -0.3 is 9.15 Å². The highest BCUT2D eigenvalue weighted by atomic mass is 19.1. The molecule has 108 valence electrons. The summed E-state index contributed by atoms with van der Waals surface area (Å²) in [5, 5.41) is 0.961. The molecule has 1 aromatic heterocycles. The Morgan fingerprint density at radius 2 is 2.00 bits per heavy atom. The lowest BCUT2D eigenvalue weighted by molar-refractivity contribution is 0.395. The SMILES string of the molecule is COc1ccc(F)cc1C(NN)c1cc2ccccc2o1. The van der Waals surface area contributed by atoms with Crippen molar-refractivity contribution < 1.29 is 13.5 Å². The molecule has 1 unspecified atom stereocenters. The number of fused-ring (bicyclic) bond motifs is 1. The van der Waals surface area contributed by atoms with Crippen molar-refractivity contribution in [2.45, 2.75) is 6.04 Å². The Labute approximate surface area is 121 Å². The minimum Gasteiger partial charge on any atom is -0.496 e. The molecule has 0 aliphatic carbocycles. The van der Waals surface area contributed by atoms with Crippen LogP contribution in [0, 0.1) is 5.82 Å². The molecule has 2 aromatic carbocycles. The van der Waals surface area contributed by atoms with E-state index in [4.69, 9.17) is 15.0 Å². The summed E-state index contributed by atoms with van der Waals surface area (Å²) in [6.45, 7) is 0. The molecule has 5 heteroatoms. The number of furan rings is 1. The quantitative estimate of drug-likeness (QED) is 0.571. The fourth-order valence-electron chi connectivity index (χ4n) is 2.40. The Kier molecular flexibility index (Phi) is 3.60. The van der Waals surface area contributed by atoms with Gasteiger partial charge in [-0.1, -0.05) is 18.2 Å². The zero-order valence-electron chi connectivity index (χ0n) is 11.5. The zero-order valence-corrected chi connectivity index (χ0v) is 11.5. The van der Waals surface area contributed by atoms with Crippen LogP contribution in [0.3, 0.4) is 0 Å². The van der Waals surface area contributed by atoms with Crippen LogP contribution in [0.15, 0.2) is 52.9 Å². The minimum atomic E-state index is -0.497. The van der Waals surface area contributed by atoms with Crippen LogP contribution in [0.5, 0.6) is 5.75 Å². The zero-order chi connectivity index (χ0) is 14.8. The van der Waals surface area contributed by atoms with E-state index >= 15 is 0 Å². The van der Waals surface area contributed by atoms with E-state index in [1.807, 2.05) is 30.3 Å². The number of hydrogen-bond donors (Lipinski definition) is 2. The molecule has 0 aliphatic heterocycles. The monoisotopic (exact) mass is 286 g/mol. The molecule has 0 bridgehead atoms. The van der Waals surface area contributed by atoms with Crippen molar-refractivity contribution in [3.8, 4) is 5.75 Å². The van der Waals surface area contributed by atoms with E-state index < -0.39 is 6.04 Å². The van der Waals surface area contributed by atoms with E-state index in [-0.39, 0.29) is 5.82 Å². The summed E-state index contributed by atoms with van der Waals surface area (Å²) in [6.07, 6.45) is 0. The number of para-hydroxylation sites is 1. The average Bonchev–Trinajstić information content (AvgIpc) is 2.92. The van der Waals surface area contributed by atoms with Gasteiger partial charge in [0.15, 0.2) is 0 Å². The molecule has 1 heterocycles. The van der Waals surface area contributed by atoms with Crippen molar-refractivity contribution >= 4 is 11.0 Å². The van der Waals surface area contributed by atoms with E-state index in [2.05, 4.69) is 5.43 Å². The molecular weight excluding hydrogens is 271 g/mol. The minimum absolute atomic E-state index is 0.359. The first kappa shape index (κ1) is 13.6. The van der Waals surface area contributed by atoms with Gasteiger partial charge in [-0.25, -0.2) is 9.82 Å². The first-order chi connectivity index (χ1) is 10.2. The van der Waals surface area contributed by atoms with Gasteiger partial charge in [0.2, 0.25) is 0 Å². The van der Waals surface area contributed by atoms with E-state index in [0.29, 0.717) is 17.1 Å². The lowest BCUT2D eigenvalue weighted by atomic mass is 10.0. The van der Waals surface area contributed by atoms with Crippen molar-refractivity contribution in [1.82, 2.24) is 5.43 Å². The van der Waals surface area contributed by atoms with E-state index in [1.54, 1.807) is 6.07 Å². The molecule has 0 spiro atoms. The number of nitrogens with two attached hydrogens (primary N) is 1. The van der Waals surface area contributed by atoms with Crippen molar-refractivity contribution in [3.05, 3.63) is 65.7 Å². The number of ether oxygens (including phenoxy) is 1. The normalized spacial score (nSPS) is 12.5. The summed E-state index contributed by atoms with van der Waals surface area (Å²) in [6, 6.07) is 13.3. The van der Waals surface area contributed by atoms with Gasteiger partial charge in [-0.2, -0.15) is 0 Å². The Morgan fingerprint density at radius 1 is 1.19 bits per heavy atom. The largest absolute Gasteiger partial charge is 0.496 e. The summed E-state index contributed by atoms with van der Waals surface area (Å²) in [7, 11) is 1.53. The lowest BCUT2D eigenvalue weighted by Gasteiger charge is -2.17. The second kappa shape index (κ2) is 5.55. The number of hydrogen-bond acceptors (Lipinski definition) is 4. The molecule has 3 rings (SSSR count). The second-order valence-corrected chi connectivity index (χ2v) is 4.67. The van der Waals surface area contributed by atoms with E-state index in [0.717, 1.165) is 11.0 Å².